The maximum absolute atomic E-state index is 12.1. The number of imide groups is 1. The molecule has 1 aliphatic heterocycles. The quantitative estimate of drug-likeness (QED) is 0.362. The lowest BCUT2D eigenvalue weighted by Gasteiger charge is -2.22. The van der Waals surface area contributed by atoms with E-state index in [0.29, 0.717) is 62.1 Å². The van der Waals surface area contributed by atoms with Crippen LogP contribution in [0.25, 0.3) is 0 Å². The average Bonchev–Trinajstić information content (AvgIpc) is 2.92. The van der Waals surface area contributed by atoms with Gasteiger partial charge in [-0.2, -0.15) is 0 Å². The van der Waals surface area contributed by atoms with Crippen LogP contribution in [0.3, 0.4) is 0 Å². The lowest BCUT2D eigenvalue weighted by atomic mass is 10.0. The number of nitrogen functional groups attached to an aromatic ring is 2. The van der Waals surface area contributed by atoms with Gasteiger partial charge in [0.2, 0.25) is 11.8 Å². The molecule has 2 rings (SSSR count). The van der Waals surface area contributed by atoms with Crippen molar-refractivity contribution in [3.63, 3.8) is 0 Å². The van der Waals surface area contributed by atoms with Gasteiger partial charge in [0.05, 0.1) is 44.4 Å². The normalized spacial score (nSPS) is 14.5. The number of nitrogens with zero attached hydrogens (tertiary/aromatic N) is 1. The fourth-order valence-corrected chi connectivity index (χ4v) is 2.66. The van der Waals surface area contributed by atoms with Crippen molar-refractivity contribution in [3.05, 3.63) is 17.7 Å². The van der Waals surface area contributed by atoms with E-state index in [-0.39, 0.29) is 24.7 Å². The monoisotopic (exact) mass is 351 g/mol. The maximum Gasteiger partial charge on any atom is 0.234 e. The van der Waals surface area contributed by atoms with Crippen molar-refractivity contribution in [2.75, 3.05) is 56.5 Å². The SMILES string of the molecule is COCCOCCOCCc1c(N)ccc(N)c1N1C(=O)CCC1=O. The molecule has 0 aliphatic carbocycles. The van der Waals surface area contributed by atoms with Gasteiger partial charge in [-0.3, -0.25) is 9.59 Å². The number of ether oxygens (including phenoxy) is 3. The fourth-order valence-electron chi connectivity index (χ4n) is 2.66. The zero-order chi connectivity index (χ0) is 18.2. The summed E-state index contributed by atoms with van der Waals surface area (Å²) in [6.45, 7) is 2.34. The second kappa shape index (κ2) is 9.36. The summed E-state index contributed by atoms with van der Waals surface area (Å²) in [5, 5.41) is 0. The third-order valence-corrected chi connectivity index (χ3v) is 3.93. The van der Waals surface area contributed by atoms with Gasteiger partial charge in [-0.15, -0.1) is 0 Å². The number of benzene rings is 1. The summed E-state index contributed by atoms with van der Waals surface area (Å²) >= 11 is 0. The molecule has 4 N–H and O–H groups in total. The number of anilines is 3. The van der Waals surface area contributed by atoms with Crippen LogP contribution in [-0.2, 0) is 30.2 Å². The third-order valence-electron chi connectivity index (χ3n) is 3.93. The van der Waals surface area contributed by atoms with E-state index in [4.69, 9.17) is 25.7 Å². The molecule has 25 heavy (non-hydrogen) atoms. The van der Waals surface area contributed by atoms with E-state index in [9.17, 15) is 9.59 Å². The number of amides is 2. The first-order valence-corrected chi connectivity index (χ1v) is 8.23. The predicted octanol–water partition coefficient (Wildman–Crippen LogP) is 0.726. The number of methoxy groups -OCH3 is 1. The Balaban J connectivity index is 1.97. The molecular weight excluding hydrogens is 326 g/mol. The highest BCUT2D eigenvalue weighted by Gasteiger charge is 2.33. The Bertz CT molecular complexity index is 605. The van der Waals surface area contributed by atoms with Gasteiger partial charge < -0.3 is 25.7 Å². The Morgan fingerprint density at radius 3 is 2.12 bits per heavy atom. The Kier molecular flexibility index (Phi) is 7.17. The predicted molar refractivity (Wildman–Crippen MR) is 94.2 cm³/mol. The minimum atomic E-state index is -0.254. The van der Waals surface area contributed by atoms with Crippen LogP contribution in [0, 0.1) is 0 Å². The number of carbonyl (C=O) groups excluding carboxylic acids is 2. The maximum atomic E-state index is 12.1. The molecule has 0 atom stereocenters. The van der Waals surface area contributed by atoms with Crippen LogP contribution in [0.5, 0.6) is 0 Å². The molecule has 1 aromatic rings. The zero-order valence-corrected chi connectivity index (χ0v) is 14.5. The Morgan fingerprint density at radius 2 is 1.48 bits per heavy atom. The number of hydrogen-bond donors (Lipinski definition) is 2. The van der Waals surface area contributed by atoms with Gasteiger partial charge in [0.25, 0.3) is 0 Å². The molecule has 138 valence electrons. The van der Waals surface area contributed by atoms with Crippen LogP contribution >= 0.6 is 0 Å². The van der Waals surface area contributed by atoms with Gasteiger partial charge in [0.1, 0.15) is 0 Å². The summed E-state index contributed by atoms with van der Waals surface area (Å²) in [4.78, 5) is 25.3. The van der Waals surface area contributed by atoms with Crippen molar-refractivity contribution in [1.29, 1.82) is 0 Å². The molecule has 0 radical (unpaired) electrons. The number of nitrogens with two attached hydrogens (primary N) is 2. The second-order valence-corrected chi connectivity index (χ2v) is 5.66. The topological polar surface area (TPSA) is 117 Å². The molecule has 8 nitrogen and oxygen atoms in total. The molecule has 1 heterocycles. The summed E-state index contributed by atoms with van der Waals surface area (Å²) in [5.41, 5.74) is 14.0. The fraction of sp³-hybridized carbons (Fsp3) is 0.529. The van der Waals surface area contributed by atoms with E-state index in [0.717, 1.165) is 4.90 Å². The van der Waals surface area contributed by atoms with Crippen LogP contribution in [0.2, 0.25) is 0 Å². The van der Waals surface area contributed by atoms with Crippen LogP contribution in [0.4, 0.5) is 17.1 Å². The molecular formula is C17H25N3O5. The smallest absolute Gasteiger partial charge is 0.234 e. The summed E-state index contributed by atoms with van der Waals surface area (Å²) in [6.07, 6.45) is 0.838. The van der Waals surface area contributed by atoms with Gasteiger partial charge in [0, 0.05) is 31.2 Å². The number of rotatable bonds is 10. The minimum Gasteiger partial charge on any atom is -0.398 e. The van der Waals surface area contributed by atoms with Gasteiger partial charge in [-0.05, 0) is 18.6 Å². The average molecular weight is 351 g/mol. The van der Waals surface area contributed by atoms with Crippen molar-refractivity contribution >= 4 is 28.9 Å². The molecule has 1 aromatic carbocycles. The molecule has 2 amide bonds. The lowest BCUT2D eigenvalue weighted by Crippen LogP contribution is -2.31. The van der Waals surface area contributed by atoms with Crippen LogP contribution < -0.4 is 16.4 Å². The van der Waals surface area contributed by atoms with E-state index in [1.165, 1.54) is 0 Å². The standard InChI is InChI=1S/C17H25N3O5/c1-23-8-9-25-11-10-24-7-6-12-13(18)2-3-14(19)17(12)20-15(21)4-5-16(20)22/h2-3H,4-11,18-19H2,1H3. The van der Waals surface area contributed by atoms with E-state index in [1.807, 2.05) is 0 Å². The third kappa shape index (κ3) is 4.91. The van der Waals surface area contributed by atoms with E-state index >= 15 is 0 Å². The molecule has 0 bridgehead atoms. The van der Waals surface area contributed by atoms with Crippen molar-refractivity contribution in [2.24, 2.45) is 0 Å². The zero-order valence-electron chi connectivity index (χ0n) is 14.5. The van der Waals surface area contributed by atoms with Crippen LogP contribution in [0.1, 0.15) is 18.4 Å². The highest BCUT2D eigenvalue weighted by Crippen LogP contribution is 2.35. The van der Waals surface area contributed by atoms with Crippen molar-refractivity contribution in [1.82, 2.24) is 0 Å². The summed E-state index contributed by atoms with van der Waals surface area (Å²) in [5.74, 6) is -0.507. The van der Waals surface area contributed by atoms with Crippen molar-refractivity contribution < 1.29 is 23.8 Å². The Morgan fingerprint density at radius 1 is 0.920 bits per heavy atom. The Labute approximate surface area is 147 Å². The number of hydrogen-bond acceptors (Lipinski definition) is 7. The lowest BCUT2D eigenvalue weighted by molar-refractivity contribution is -0.121. The molecule has 0 saturated carbocycles. The largest absolute Gasteiger partial charge is 0.398 e. The van der Waals surface area contributed by atoms with Crippen LogP contribution in [-0.4, -0.2) is 52.0 Å². The molecule has 0 spiro atoms. The number of carbonyl (C=O) groups is 2. The first-order valence-electron chi connectivity index (χ1n) is 8.23. The van der Waals surface area contributed by atoms with Gasteiger partial charge in [0.15, 0.2) is 0 Å². The van der Waals surface area contributed by atoms with Gasteiger partial charge >= 0.3 is 0 Å². The highest BCUT2D eigenvalue weighted by atomic mass is 16.5. The molecule has 1 fully saturated rings. The summed E-state index contributed by atoms with van der Waals surface area (Å²) in [7, 11) is 1.61. The summed E-state index contributed by atoms with van der Waals surface area (Å²) in [6, 6.07) is 3.28. The van der Waals surface area contributed by atoms with Gasteiger partial charge in [-0.1, -0.05) is 0 Å². The first-order chi connectivity index (χ1) is 12.1. The minimum absolute atomic E-state index is 0.196. The van der Waals surface area contributed by atoms with E-state index in [1.54, 1.807) is 19.2 Å². The van der Waals surface area contributed by atoms with E-state index < -0.39 is 0 Å². The Hall–Kier alpha value is -2.16. The first kappa shape index (κ1) is 19.2. The van der Waals surface area contributed by atoms with Crippen LogP contribution in [0.15, 0.2) is 12.1 Å². The summed E-state index contributed by atoms with van der Waals surface area (Å²) < 4.78 is 15.7. The van der Waals surface area contributed by atoms with Crippen molar-refractivity contribution in [2.45, 2.75) is 19.3 Å². The molecule has 8 heteroatoms. The second-order valence-electron chi connectivity index (χ2n) is 5.66. The van der Waals surface area contributed by atoms with E-state index in [2.05, 4.69) is 0 Å². The molecule has 1 saturated heterocycles. The molecule has 0 aromatic heterocycles. The van der Waals surface area contributed by atoms with Gasteiger partial charge in [-0.25, -0.2) is 4.90 Å². The molecule has 0 unspecified atom stereocenters. The highest BCUT2D eigenvalue weighted by molar-refractivity contribution is 6.21. The van der Waals surface area contributed by atoms with Crippen molar-refractivity contribution in [3.8, 4) is 0 Å². The molecule has 1 aliphatic rings.